The van der Waals surface area contributed by atoms with Crippen molar-refractivity contribution in [3.63, 3.8) is 0 Å². The zero-order chi connectivity index (χ0) is 63.8. The fourth-order valence-electron chi connectivity index (χ4n) is 8.52. The molecule has 8 aromatic rings. The summed E-state index contributed by atoms with van der Waals surface area (Å²) < 4.78 is 380. The molecule has 28 heteroatoms. The van der Waals surface area contributed by atoms with Gasteiger partial charge in [0.1, 0.15) is 11.5 Å². The van der Waals surface area contributed by atoms with Crippen molar-refractivity contribution in [1.82, 2.24) is 0 Å². The number of ether oxygens (including phenoxy) is 4. The van der Waals surface area contributed by atoms with Gasteiger partial charge in [-0.25, -0.2) is 35.1 Å². The van der Waals surface area contributed by atoms with E-state index in [1.165, 1.54) is 31.2 Å². The number of benzene rings is 8. The number of halogens is 24. The second-order valence-electron chi connectivity index (χ2n) is 18.9. The smallest absolute Gasteiger partial charge is 0.381 e. The van der Waals surface area contributed by atoms with Crippen LogP contribution in [-0.2, 0) is 0 Å². The van der Waals surface area contributed by atoms with E-state index in [-0.39, 0.29) is 0 Å². The molecule has 0 aliphatic heterocycles. The quantitative estimate of drug-likeness (QED) is 0.0673. The average molecular weight is 1250 g/mol. The molecule has 0 saturated heterocycles. The van der Waals surface area contributed by atoms with Crippen LogP contribution in [0.5, 0.6) is 34.5 Å². The Morgan fingerprint density at radius 2 is 0.593 bits per heavy atom. The highest BCUT2D eigenvalue weighted by atomic mass is 19.4. The maximum Gasteiger partial charge on any atom is 0.381 e. The summed E-state index contributed by atoms with van der Waals surface area (Å²) >= 11 is 0. The normalized spacial score (nSPS) is 12.3. The van der Waals surface area contributed by atoms with Crippen LogP contribution in [0.1, 0.15) is 22.3 Å². The van der Waals surface area contributed by atoms with Crippen molar-refractivity contribution in [1.29, 1.82) is 0 Å². The Labute approximate surface area is 467 Å². The Balaban J connectivity index is 0.999. The molecule has 8 aromatic carbocycles. The van der Waals surface area contributed by atoms with Crippen LogP contribution in [0.3, 0.4) is 0 Å². The standard InChI is InChI=1S/C58H30F24O4/c1-21-5-10-28(11-6-21)85-53-47(71)39(63)33(40(64)48(53)72)31-35(59)43(67)51(44(68)36(31)60)83-19-55(75,76)57(79,80)58(81,82)56(77,78)20-84-52-45(69)37(61)32(38(62)46(52)70)34-41(65)49(73)54(50(74)42(34)66)86-29-12-8-25(9-13-29)26-16-23(3)17-27(18-26)30-14-7-22(2)15-24(30)4/h5-18H,19-20H2,1-4H3. The third kappa shape index (κ3) is 10.9. The fraction of sp³-hybridized carbons (Fsp3) is 0.172. The molecule has 0 spiro atoms. The van der Waals surface area contributed by atoms with Crippen LogP contribution in [0.15, 0.2) is 84.9 Å². The van der Waals surface area contributed by atoms with Gasteiger partial charge < -0.3 is 18.9 Å². The maximum absolute atomic E-state index is 15.5. The summed E-state index contributed by atoms with van der Waals surface area (Å²) in [6, 6.07) is 20.5. The van der Waals surface area contributed by atoms with Crippen LogP contribution in [0.4, 0.5) is 105 Å². The zero-order valence-corrected chi connectivity index (χ0v) is 43.2. The van der Waals surface area contributed by atoms with E-state index < -0.39 is 187 Å². The molecule has 4 nitrogen and oxygen atoms in total. The van der Waals surface area contributed by atoms with E-state index in [9.17, 15) is 43.9 Å². The molecule has 0 amide bonds. The number of hydrogen-bond donors (Lipinski definition) is 0. The molecule has 0 aliphatic rings. The van der Waals surface area contributed by atoms with Crippen molar-refractivity contribution in [3.05, 3.63) is 200 Å². The average Bonchev–Trinajstić information content (AvgIpc) is 0.805. The summed E-state index contributed by atoms with van der Waals surface area (Å²) in [4.78, 5) is 0. The molecular formula is C58H30F24O4. The molecule has 86 heavy (non-hydrogen) atoms. The molecule has 0 heterocycles. The zero-order valence-electron chi connectivity index (χ0n) is 43.2. The van der Waals surface area contributed by atoms with Crippen LogP contribution in [0.25, 0.3) is 44.5 Å². The summed E-state index contributed by atoms with van der Waals surface area (Å²) in [6.07, 6.45) is 0. The van der Waals surface area contributed by atoms with Crippen molar-refractivity contribution < 1.29 is 124 Å². The van der Waals surface area contributed by atoms with Crippen LogP contribution < -0.4 is 18.9 Å². The van der Waals surface area contributed by atoms with E-state index in [0.29, 0.717) is 16.7 Å². The SMILES string of the molecule is Cc1ccc(Oc2c(F)c(F)c(-c3c(F)c(F)c(OCC(F)(F)C(F)(F)C(F)(F)C(F)(F)COc4c(F)c(F)c(-c5c(F)c(F)c(Oc6ccc(-c7cc(C)cc(-c8ccc(C)cc8C)c7)cc6)c(F)c5F)c(F)c4F)c(F)c3F)c(F)c2F)cc1. The van der Waals surface area contributed by atoms with Gasteiger partial charge in [0.25, 0.3) is 0 Å². The molecule has 0 unspecified atom stereocenters. The lowest BCUT2D eigenvalue weighted by Crippen LogP contribution is -2.65. The van der Waals surface area contributed by atoms with Gasteiger partial charge in [0.15, 0.2) is 71.3 Å². The second-order valence-corrected chi connectivity index (χ2v) is 18.9. The molecule has 0 aromatic heterocycles. The van der Waals surface area contributed by atoms with Crippen LogP contribution in [0.2, 0.25) is 0 Å². The molecule has 0 atom stereocenters. The third-order valence-corrected chi connectivity index (χ3v) is 12.9. The predicted molar refractivity (Wildman–Crippen MR) is 257 cm³/mol. The highest BCUT2D eigenvalue weighted by Crippen LogP contribution is 2.54. The lowest BCUT2D eigenvalue weighted by molar-refractivity contribution is -0.372. The van der Waals surface area contributed by atoms with E-state index >= 15 is 61.5 Å². The van der Waals surface area contributed by atoms with Gasteiger partial charge in [0.05, 0.1) is 22.3 Å². The monoisotopic (exact) mass is 1250 g/mol. The highest BCUT2D eigenvalue weighted by Gasteiger charge is 2.81. The van der Waals surface area contributed by atoms with Crippen molar-refractivity contribution in [2.45, 2.75) is 51.4 Å². The number of alkyl halides is 8. The Hall–Kier alpha value is -8.72. The number of rotatable bonds is 17. The Kier molecular flexibility index (Phi) is 16.9. The first kappa shape index (κ1) is 63.3. The largest absolute Gasteiger partial charge is 0.481 e. The Morgan fingerprint density at radius 1 is 0.291 bits per heavy atom. The molecule has 0 N–H and O–H groups in total. The Bertz CT molecular complexity index is 3900. The molecule has 8 rings (SSSR count). The second kappa shape index (κ2) is 22.9. The molecule has 0 radical (unpaired) electrons. The topological polar surface area (TPSA) is 36.9 Å². The van der Waals surface area contributed by atoms with E-state index in [1.807, 2.05) is 38.1 Å². The predicted octanol–water partition coefficient (Wildman–Crippen LogP) is 19.4. The first-order valence-electron chi connectivity index (χ1n) is 23.9. The minimum Gasteiger partial charge on any atom is -0.481 e. The molecule has 0 bridgehead atoms. The number of aryl methyl sites for hydroxylation is 4. The van der Waals surface area contributed by atoms with Gasteiger partial charge in [-0.1, -0.05) is 65.7 Å². The first-order valence-corrected chi connectivity index (χ1v) is 23.9. The van der Waals surface area contributed by atoms with E-state index in [2.05, 4.69) is 9.47 Å². The van der Waals surface area contributed by atoms with Gasteiger partial charge in [0.2, 0.25) is 58.0 Å². The van der Waals surface area contributed by atoms with Gasteiger partial charge >= 0.3 is 23.7 Å². The van der Waals surface area contributed by atoms with Crippen molar-refractivity contribution in [3.8, 4) is 79.0 Å². The van der Waals surface area contributed by atoms with Gasteiger partial charge in [-0.3, -0.25) is 0 Å². The molecular weight excluding hydrogens is 1220 g/mol. The lowest BCUT2D eigenvalue weighted by Gasteiger charge is -2.36. The summed E-state index contributed by atoms with van der Waals surface area (Å²) in [5.74, 6) is -88.4. The van der Waals surface area contributed by atoms with Crippen molar-refractivity contribution >= 4 is 0 Å². The van der Waals surface area contributed by atoms with E-state index in [0.717, 1.165) is 52.1 Å². The molecule has 0 aliphatic carbocycles. The minimum absolute atomic E-state index is 0.467. The van der Waals surface area contributed by atoms with Gasteiger partial charge in [0, 0.05) is 0 Å². The van der Waals surface area contributed by atoms with E-state index in [1.54, 1.807) is 19.1 Å². The van der Waals surface area contributed by atoms with Gasteiger partial charge in [-0.2, -0.15) is 70.2 Å². The minimum atomic E-state index is -7.72. The lowest BCUT2D eigenvalue weighted by atomic mass is 9.93. The molecule has 0 fully saturated rings. The highest BCUT2D eigenvalue weighted by molar-refractivity contribution is 5.77. The van der Waals surface area contributed by atoms with Gasteiger partial charge in [-0.15, -0.1) is 0 Å². The van der Waals surface area contributed by atoms with E-state index in [4.69, 9.17) is 9.47 Å². The van der Waals surface area contributed by atoms with Crippen LogP contribution >= 0.6 is 0 Å². The number of hydrogen-bond acceptors (Lipinski definition) is 4. The molecule has 454 valence electrons. The van der Waals surface area contributed by atoms with Crippen molar-refractivity contribution in [2.24, 2.45) is 0 Å². The third-order valence-electron chi connectivity index (χ3n) is 12.9. The molecule has 0 saturated carbocycles. The summed E-state index contributed by atoms with van der Waals surface area (Å²) in [5.41, 5.74) is -4.66. The summed E-state index contributed by atoms with van der Waals surface area (Å²) in [6.45, 7) is -0.393. The van der Waals surface area contributed by atoms with Crippen LogP contribution in [-0.4, -0.2) is 36.9 Å². The first-order chi connectivity index (χ1) is 40.0. The Morgan fingerprint density at radius 3 is 0.930 bits per heavy atom. The van der Waals surface area contributed by atoms with Crippen LogP contribution in [0, 0.1) is 121 Å². The fourth-order valence-corrected chi connectivity index (χ4v) is 8.52. The summed E-state index contributed by atoms with van der Waals surface area (Å²) in [7, 11) is 0. The maximum atomic E-state index is 15.5. The van der Waals surface area contributed by atoms with Gasteiger partial charge in [-0.05, 0) is 91.4 Å². The summed E-state index contributed by atoms with van der Waals surface area (Å²) in [5, 5.41) is 0. The van der Waals surface area contributed by atoms with Crippen molar-refractivity contribution in [2.75, 3.05) is 13.2 Å².